The first-order chi connectivity index (χ1) is 23.7. The van der Waals surface area contributed by atoms with Crippen LogP contribution in [0.2, 0.25) is 0 Å². The lowest BCUT2D eigenvalue weighted by Gasteiger charge is -2.17. The van der Waals surface area contributed by atoms with Crippen LogP contribution in [0.4, 0.5) is 0 Å². The zero-order chi connectivity index (χ0) is 36.4. The number of carbonyl (C=O) groups is 3. The van der Waals surface area contributed by atoms with Gasteiger partial charge in [-0.2, -0.15) is 0 Å². The van der Waals surface area contributed by atoms with Gasteiger partial charge in [-0.05, 0) is 125 Å². The van der Waals surface area contributed by atoms with Gasteiger partial charge in [0.15, 0.2) is 5.52 Å². The summed E-state index contributed by atoms with van der Waals surface area (Å²) < 4.78 is 11.1. The van der Waals surface area contributed by atoms with Gasteiger partial charge in [0.2, 0.25) is 0 Å². The van der Waals surface area contributed by atoms with Crippen LogP contribution in [0.1, 0.15) is 182 Å². The molecule has 2 unspecified atom stereocenters. The highest BCUT2D eigenvalue weighted by atomic mass is 31.1. The first-order valence-electron chi connectivity index (χ1n) is 20.3. The number of esters is 2. The highest BCUT2D eigenvalue weighted by Crippen LogP contribution is 2.40. The minimum atomic E-state index is -0.581. The molecule has 0 aliphatic heterocycles. The maximum atomic E-state index is 13.1. The number of nitrogens with zero attached hydrogens (tertiary/aromatic N) is 1. The first-order valence-corrected chi connectivity index (χ1v) is 22.1. The van der Waals surface area contributed by atoms with E-state index in [2.05, 4.69) is 45.0 Å². The molecule has 0 aromatic heterocycles. The molecule has 286 valence electrons. The summed E-state index contributed by atoms with van der Waals surface area (Å²) >= 11 is 0. The molecule has 0 saturated carbocycles. The summed E-state index contributed by atoms with van der Waals surface area (Å²) in [7, 11) is 3.55. The topological polar surface area (TPSA) is 72.9 Å². The summed E-state index contributed by atoms with van der Waals surface area (Å²) in [5.74, 6) is -0.193. The lowest BCUT2D eigenvalue weighted by Crippen LogP contribution is -2.14. The molecule has 0 spiro atoms. The fraction of sp³-hybridized carbons (Fsp3) is 0.833. The van der Waals surface area contributed by atoms with Gasteiger partial charge < -0.3 is 14.4 Å². The second-order valence-electron chi connectivity index (χ2n) is 14.3. The molecule has 0 amide bonds. The summed E-state index contributed by atoms with van der Waals surface area (Å²) in [5.41, 5.74) is 0.496. The summed E-state index contributed by atoms with van der Waals surface area (Å²) in [5, 5.41) is 0. The van der Waals surface area contributed by atoms with Gasteiger partial charge in [0, 0.05) is 19.3 Å². The van der Waals surface area contributed by atoms with E-state index in [0.717, 1.165) is 102 Å². The molecule has 0 aliphatic rings. The SMILES string of the molecule is CCCCCC/C=C\C(C)OC(=O)CCCCCCCP(CCCCCCCC(=O)OC(C)/C=C\CCCCCC)C(=O)CCCN(C)C. The molecule has 0 N–H and O–H groups in total. The third kappa shape index (κ3) is 33.4. The Bertz CT molecular complexity index is 802. The lowest BCUT2D eigenvalue weighted by molar-refractivity contribution is -0.147. The van der Waals surface area contributed by atoms with Crippen LogP contribution in [-0.4, -0.2) is 67.5 Å². The number of carbonyl (C=O) groups excluding carboxylic acids is 3. The molecule has 0 fully saturated rings. The van der Waals surface area contributed by atoms with Gasteiger partial charge in [-0.25, -0.2) is 0 Å². The predicted molar refractivity (Wildman–Crippen MR) is 212 cm³/mol. The van der Waals surface area contributed by atoms with E-state index in [0.29, 0.717) is 24.8 Å². The van der Waals surface area contributed by atoms with E-state index in [9.17, 15) is 14.4 Å². The van der Waals surface area contributed by atoms with Crippen LogP contribution in [0.5, 0.6) is 0 Å². The Balaban J connectivity index is 4.21. The molecule has 49 heavy (non-hydrogen) atoms. The standard InChI is InChI=1S/C42H78NO5P/c1-7-9-11-13-17-23-30-38(3)47-40(44)32-25-19-15-21-27-36-49(42(46)34-29-35-43(5)6)37-28-22-16-20-26-33-41(45)48-39(4)31-24-18-14-12-10-8-2/h23-24,30-31,38-39H,7-22,25-29,32-37H2,1-6H3/b30-23-,31-24-. The third-order valence-electron chi connectivity index (χ3n) is 8.86. The predicted octanol–water partition coefficient (Wildman–Crippen LogP) is 11.9. The Morgan fingerprint density at radius 3 is 1.39 bits per heavy atom. The van der Waals surface area contributed by atoms with E-state index >= 15 is 0 Å². The third-order valence-corrected chi connectivity index (χ3v) is 11.5. The summed E-state index contributed by atoms with van der Waals surface area (Å²) in [6, 6.07) is 0. The molecule has 7 heteroatoms. The second-order valence-corrected chi connectivity index (χ2v) is 16.7. The Labute approximate surface area is 304 Å². The maximum Gasteiger partial charge on any atom is 0.306 e. The number of unbranched alkanes of at least 4 members (excludes halogenated alkanes) is 16. The van der Waals surface area contributed by atoms with Crippen molar-refractivity contribution in [1.29, 1.82) is 0 Å². The van der Waals surface area contributed by atoms with Gasteiger partial charge in [0.25, 0.3) is 0 Å². The van der Waals surface area contributed by atoms with E-state index in [1.54, 1.807) is 0 Å². The quantitative estimate of drug-likeness (QED) is 0.0283. The van der Waals surface area contributed by atoms with Crippen molar-refractivity contribution >= 4 is 25.4 Å². The Hall–Kier alpha value is -1.52. The van der Waals surface area contributed by atoms with Gasteiger partial charge in [-0.3, -0.25) is 14.4 Å². The average molecular weight is 708 g/mol. The second kappa shape index (κ2) is 34.9. The Kier molecular flexibility index (Phi) is 33.8. The monoisotopic (exact) mass is 708 g/mol. The molecule has 0 radical (unpaired) electrons. The van der Waals surface area contributed by atoms with E-state index < -0.39 is 7.92 Å². The molecule has 0 bridgehead atoms. The van der Waals surface area contributed by atoms with Crippen LogP contribution in [-0.2, 0) is 23.9 Å². The normalized spacial score (nSPS) is 13.7. The van der Waals surface area contributed by atoms with Crippen LogP contribution >= 0.6 is 7.92 Å². The number of allylic oxidation sites excluding steroid dienone is 2. The molecule has 2 atom stereocenters. The minimum absolute atomic E-state index is 0.0965. The van der Waals surface area contributed by atoms with Crippen LogP contribution < -0.4 is 0 Å². The summed E-state index contributed by atoms with van der Waals surface area (Å²) in [6.45, 7) is 9.28. The molecule has 0 aromatic rings. The highest BCUT2D eigenvalue weighted by molar-refractivity contribution is 7.74. The smallest absolute Gasteiger partial charge is 0.306 e. The van der Waals surface area contributed by atoms with E-state index in [1.807, 2.05) is 26.0 Å². The molecule has 0 aliphatic carbocycles. The fourth-order valence-electron chi connectivity index (χ4n) is 5.84. The van der Waals surface area contributed by atoms with Crippen molar-refractivity contribution in [2.75, 3.05) is 33.0 Å². The van der Waals surface area contributed by atoms with Gasteiger partial charge in [-0.15, -0.1) is 0 Å². The molecule has 0 rings (SSSR count). The molecular weight excluding hydrogens is 629 g/mol. The maximum absolute atomic E-state index is 13.1. The molecular formula is C42H78NO5P. The van der Waals surface area contributed by atoms with Gasteiger partial charge >= 0.3 is 11.9 Å². The first kappa shape index (κ1) is 47.5. The zero-order valence-electron chi connectivity index (χ0n) is 33.0. The zero-order valence-corrected chi connectivity index (χ0v) is 33.9. The van der Waals surface area contributed by atoms with E-state index in [1.165, 1.54) is 51.4 Å². The molecule has 0 heterocycles. The molecule has 0 saturated heterocycles. The van der Waals surface area contributed by atoms with Crippen molar-refractivity contribution in [2.24, 2.45) is 0 Å². The molecule has 6 nitrogen and oxygen atoms in total. The van der Waals surface area contributed by atoms with Crippen molar-refractivity contribution < 1.29 is 23.9 Å². The molecule has 0 aromatic carbocycles. The van der Waals surface area contributed by atoms with Crippen molar-refractivity contribution in [3.63, 3.8) is 0 Å². The van der Waals surface area contributed by atoms with Gasteiger partial charge in [0.05, 0.1) is 0 Å². The average Bonchev–Trinajstić information content (AvgIpc) is 3.05. The van der Waals surface area contributed by atoms with E-state index in [4.69, 9.17) is 9.47 Å². The van der Waals surface area contributed by atoms with Crippen molar-refractivity contribution in [1.82, 2.24) is 4.90 Å². The number of ether oxygens (including phenoxy) is 2. The highest BCUT2D eigenvalue weighted by Gasteiger charge is 2.17. The van der Waals surface area contributed by atoms with Crippen LogP contribution in [0.3, 0.4) is 0 Å². The number of hydrogen-bond acceptors (Lipinski definition) is 6. The van der Waals surface area contributed by atoms with Crippen LogP contribution in [0.25, 0.3) is 0 Å². The number of rotatable bonds is 35. The number of hydrogen-bond donors (Lipinski definition) is 0. The van der Waals surface area contributed by atoms with Crippen LogP contribution in [0.15, 0.2) is 24.3 Å². The lowest BCUT2D eigenvalue weighted by atomic mass is 10.1. The summed E-state index contributed by atoms with van der Waals surface area (Å²) in [4.78, 5) is 39.7. The van der Waals surface area contributed by atoms with E-state index in [-0.39, 0.29) is 24.1 Å². The van der Waals surface area contributed by atoms with Crippen molar-refractivity contribution in [3.8, 4) is 0 Å². The van der Waals surface area contributed by atoms with Gasteiger partial charge in [-0.1, -0.05) is 103 Å². The largest absolute Gasteiger partial charge is 0.458 e. The van der Waals surface area contributed by atoms with Crippen molar-refractivity contribution in [2.45, 2.75) is 194 Å². The van der Waals surface area contributed by atoms with Crippen LogP contribution in [0, 0.1) is 0 Å². The fourth-order valence-corrected chi connectivity index (χ4v) is 8.24. The Morgan fingerprint density at radius 1 is 0.551 bits per heavy atom. The minimum Gasteiger partial charge on any atom is -0.458 e. The van der Waals surface area contributed by atoms with Crippen molar-refractivity contribution in [3.05, 3.63) is 24.3 Å². The Morgan fingerprint density at radius 2 is 0.959 bits per heavy atom. The van der Waals surface area contributed by atoms with Gasteiger partial charge in [0.1, 0.15) is 12.2 Å². The summed E-state index contributed by atoms with van der Waals surface area (Å²) in [6.07, 6.45) is 35.3.